The third-order valence-corrected chi connectivity index (χ3v) is 3.11. The van der Waals surface area contributed by atoms with Crippen LogP contribution in [-0.2, 0) is 33.3 Å². The van der Waals surface area contributed by atoms with Crippen LogP contribution in [0.25, 0.3) is 0 Å². The molecule has 120 valence electrons. The minimum absolute atomic E-state index is 0.286. The summed E-state index contributed by atoms with van der Waals surface area (Å²) in [6.07, 6.45) is -4.70. The number of esters is 3. The molecule has 2 unspecified atom stereocenters. The fourth-order valence-corrected chi connectivity index (χ4v) is 2.13. The van der Waals surface area contributed by atoms with E-state index in [1.54, 1.807) is 0 Å². The van der Waals surface area contributed by atoms with Crippen molar-refractivity contribution in [1.82, 2.24) is 0 Å². The Morgan fingerprint density at radius 3 is 2.05 bits per heavy atom. The van der Waals surface area contributed by atoms with Gasteiger partial charge in [0.15, 0.2) is 18.5 Å². The molecule has 0 aromatic rings. The third-order valence-electron chi connectivity index (χ3n) is 2.65. The third kappa shape index (κ3) is 5.14. The van der Waals surface area contributed by atoms with Gasteiger partial charge in [-0.05, 0) is 0 Å². The first-order valence-corrected chi connectivity index (χ1v) is 6.61. The number of aliphatic hydroxyl groups excluding tert-OH is 1. The zero-order valence-corrected chi connectivity index (χ0v) is 12.5. The van der Waals surface area contributed by atoms with Gasteiger partial charge in [-0.1, -0.05) is 0 Å². The van der Waals surface area contributed by atoms with Gasteiger partial charge in [0.05, 0.1) is 0 Å². The first kappa shape index (κ1) is 17.7. The van der Waals surface area contributed by atoms with Crippen LogP contribution >= 0.6 is 11.6 Å². The van der Waals surface area contributed by atoms with Crippen molar-refractivity contribution in [1.29, 1.82) is 0 Å². The molecule has 0 saturated carbocycles. The number of alkyl halides is 1. The number of rotatable bonds is 4. The molecule has 0 radical (unpaired) electrons. The molecule has 0 bridgehead atoms. The smallest absolute Gasteiger partial charge is 0.303 e. The lowest BCUT2D eigenvalue weighted by atomic mass is 10.0. The highest BCUT2D eigenvalue weighted by Gasteiger charge is 2.49. The Labute approximate surface area is 126 Å². The van der Waals surface area contributed by atoms with Crippen LogP contribution < -0.4 is 0 Å². The zero-order valence-electron chi connectivity index (χ0n) is 11.8. The number of hydrogen-bond donors (Lipinski definition) is 1. The van der Waals surface area contributed by atoms with Gasteiger partial charge in [0.2, 0.25) is 0 Å². The van der Waals surface area contributed by atoms with Gasteiger partial charge in [0, 0.05) is 20.8 Å². The summed E-state index contributed by atoms with van der Waals surface area (Å²) in [5, 5.41) is 8.59. The van der Waals surface area contributed by atoms with Crippen molar-refractivity contribution in [3.63, 3.8) is 0 Å². The molecule has 1 aliphatic rings. The summed E-state index contributed by atoms with van der Waals surface area (Å²) in [6.45, 7) is 3.21. The molecular formula is C12H17ClO8. The number of carbonyl (C=O) groups is 3. The summed E-state index contributed by atoms with van der Waals surface area (Å²) < 4.78 is 20.0. The minimum atomic E-state index is -1.47. The maximum absolute atomic E-state index is 11.2. The molecular weight excluding hydrogens is 308 g/mol. The van der Waals surface area contributed by atoms with E-state index in [1.165, 1.54) is 6.92 Å². The van der Waals surface area contributed by atoms with Crippen LogP contribution in [-0.4, -0.2) is 59.6 Å². The van der Waals surface area contributed by atoms with Crippen LogP contribution in [0.2, 0.25) is 0 Å². The topological polar surface area (TPSA) is 108 Å². The van der Waals surface area contributed by atoms with E-state index < -0.39 is 47.9 Å². The molecule has 0 spiro atoms. The fraction of sp³-hybridized carbons (Fsp3) is 0.750. The molecule has 0 aromatic carbocycles. The molecule has 1 rings (SSSR count). The fourth-order valence-electron chi connectivity index (χ4n) is 1.88. The molecule has 8 nitrogen and oxygen atoms in total. The molecule has 1 saturated heterocycles. The van der Waals surface area contributed by atoms with E-state index in [9.17, 15) is 19.5 Å². The van der Waals surface area contributed by atoms with E-state index in [2.05, 4.69) is 0 Å². The summed E-state index contributed by atoms with van der Waals surface area (Å²) in [5.74, 6) is -1.90. The first-order chi connectivity index (χ1) is 9.72. The molecule has 9 heteroatoms. The molecule has 1 N–H and O–H groups in total. The first-order valence-electron chi connectivity index (χ1n) is 6.17. The van der Waals surface area contributed by atoms with E-state index in [-0.39, 0.29) is 6.61 Å². The van der Waals surface area contributed by atoms with E-state index in [0.717, 1.165) is 13.8 Å². The van der Waals surface area contributed by atoms with E-state index >= 15 is 0 Å². The predicted molar refractivity (Wildman–Crippen MR) is 68.3 cm³/mol. The van der Waals surface area contributed by atoms with E-state index in [1.807, 2.05) is 0 Å². The van der Waals surface area contributed by atoms with E-state index in [0.29, 0.717) is 0 Å². The molecule has 21 heavy (non-hydrogen) atoms. The molecule has 5 atom stereocenters. The summed E-state index contributed by atoms with van der Waals surface area (Å²) in [4.78, 5) is 33.2. The molecule has 0 aliphatic carbocycles. The Morgan fingerprint density at radius 2 is 1.57 bits per heavy atom. The van der Waals surface area contributed by atoms with Gasteiger partial charge in [-0.15, -0.1) is 11.6 Å². The molecule has 0 aromatic heterocycles. The van der Waals surface area contributed by atoms with Crippen molar-refractivity contribution in [2.24, 2.45) is 0 Å². The van der Waals surface area contributed by atoms with Crippen LogP contribution in [0.1, 0.15) is 20.8 Å². The second-order valence-corrected chi connectivity index (χ2v) is 4.96. The molecule has 1 heterocycles. The Bertz CT molecular complexity index is 412. The van der Waals surface area contributed by atoms with Gasteiger partial charge in [0.1, 0.15) is 18.1 Å². The standard InChI is InChI=1S/C12H17ClO8/c1-5(14)18-4-8-10(19-6(2)15)11(20-7(3)16)9(13)12(17)21-8/h8-12,17H,4H2,1-3H3/t8-,9?,10+,11-,12?/m1/s1. The number of ether oxygens (including phenoxy) is 4. The van der Waals surface area contributed by atoms with Gasteiger partial charge >= 0.3 is 17.9 Å². The number of carbonyl (C=O) groups excluding carboxylic acids is 3. The SMILES string of the molecule is CC(=O)OC[C@H]1OC(O)C(Cl)[C@@H](OC(C)=O)[C@H]1OC(C)=O. The second kappa shape index (κ2) is 7.58. The number of aliphatic hydroxyl groups is 1. The summed E-state index contributed by atoms with van der Waals surface area (Å²) in [7, 11) is 0. The van der Waals surface area contributed by atoms with Gasteiger partial charge in [-0.3, -0.25) is 14.4 Å². The largest absolute Gasteiger partial charge is 0.463 e. The average Bonchev–Trinajstić information content (AvgIpc) is 2.35. The summed E-state index contributed by atoms with van der Waals surface area (Å²) >= 11 is 5.93. The minimum Gasteiger partial charge on any atom is -0.463 e. The number of hydrogen-bond acceptors (Lipinski definition) is 8. The molecule has 1 fully saturated rings. The number of halogens is 1. The van der Waals surface area contributed by atoms with Crippen molar-refractivity contribution in [2.75, 3.05) is 6.61 Å². The highest BCUT2D eigenvalue weighted by molar-refractivity contribution is 6.21. The second-order valence-electron chi connectivity index (χ2n) is 4.46. The quantitative estimate of drug-likeness (QED) is 0.428. The Morgan fingerprint density at radius 1 is 1.05 bits per heavy atom. The highest BCUT2D eigenvalue weighted by atomic mass is 35.5. The summed E-state index contributed by atoms with van der Waals surface area (Å²) in [5.41, 5.74) is 0. The molecule has 0 amide bonds. The van der Waals surface area contributed by atoms with Gasteiger partial charge in [-0.25, -0.2) is 0 Å². The maximum atomic E-state index is 11.2. The summed E-state index contributed by atoms with van der Waals surface area (Å²) in [6, 6.07) is 0. The monoisotopic (exact) mass is 324 g/mol. The zero-order chi connectivity index (χ0) is 16.2. The van der Waals surface area contributed by atoms with Gasteiger partial charge in [0.25, 0.3) is 0 Å². The predicted octanol–water partition coefficient (Wildman–Crippen LogP) is -0.263. The van der Waals surface area contributed by atoms with Crippen LogP contribution in [0.3, 0.4) is 0 Å². The van der Waals surface area contributed by atoms with Gasteiger partial charge < -0.3 is 24.1 Å². The van der Waals surface area contributed by atoms with Crippen LogP contribution in [0.15, 0.2) is 0 Å². The van der Waals surface area contributed by atoms with Crippen LogP contribution in [0, 0.1) is 0 Å². The Hall–Kier alpha value is -1.38. The van der Waals surface area contributed by atoms with Crippen molar-refractivity contribution in [2.45, 2.75) is 50.8 Å². The lowest BCUT2D eigenvalue weighted by molar-refractivity contribution is -0.250. The normalized spacial score (nSPS) is 32.1. The molecule has 1 aliphatic heterocycles. The average molecular weight is 325 g/mol. The highest BCUT2D eigenvalue weighted by Crippen LogP contribution is 2.29. The lowest BCUT2D eigenvalue weighted by Crippen LogP contribution is -2.59. The van der Waals surface area contributed by atoms with Crippen molar-refractivity contribution in [3.05, 3.63) is 0 Å². The van der Waals surface area contributed by atoms with Gasteiger partial charge in [-0.2, -0.15) is 0 Å². The van der Waals surface area contributed by atoms with Crippen LogP contribution in [0.4, 0.5) is 0 Å². The Kier molecular flexibility index (Phi) is 6.38. The maximum Gasteiger partial charge on any atom is 0.303 e. The van der Waals surface area contributed by atoms with Crippen molar-refractivity contribution in [3.8, 4) is 0 Å². The van der Waals surface area contributed by atoms with Crippen LogP contribution in [0.5, 0.6) is 0 Å². The van der Waals surface area contributed by atoms with E-state index in [4.69, 9.17) is 30.5 Å². The lowest BCUT2D eigenvalue weighted by Gasteiger charge is -2.41. The van der Waals surface area contributed by atoms with Crippen molar-refractivity contribution < 1.29 is 38.4 Å². The Balaban J connectivity index is 2.94. The van der Waals surface area contributed by atoms with Crippen molar-refractivity contribution >= 4 is 29.5 Å².